The number of amides is 1. The molecule has 4 aromatic rings. The first kappa shape index (κ1) is 23.6. The monoisotopic (exact) mass is 485 g/mol. The van der Waals surface area contributed by atoms with Gasteiger partial charge in [-0.05, 0) is 60.7 Å². The van der Waals surface area contributed by atoms with Crippen LogP contribution in [-0.4, -0.2) is 18.6 Å². The molecule has 36 heavy (non-hydrogen) atoms. The van der Waals surface area contributed by atoms with Crippen LogP contribution in [0.25, 0.3) is 21.7 Å². The molecule has 0 saturated heterocycles. The predicted molar refractivity (Wildman–Crippen MR) is 136 cm³/mol. The van der Waals surface area contributed by atoms with E-state index in [1.165, 1.54) is 0 Å². The Morgan fingerprint density at radius 3 is 2.36 bits per heavy atom. The third-order valence-corrected chi connectivity index (χ3v) is 6.74. The summed E-state index contributed by atoms with van der Waals surface area (Å²) < 4.78 is 16.3. The lowest BCUT2D eigenvalue weighted by atomic mass is 9.82. The lowest BCUT2D eigenvalue weighted by molar-refractivity contribution is -0.140. The molecule has 1 aliphatic carbocycles. The summed E-state index contributed by atoms with van der Waals surface area (Å²) in [5.74, 6) is 0.161. The lowest BCUT2D eigenvalue weighted by Crippen LogP contribution is -2.33. The second-order valence-electron chi connectivity index (χ2n) is 9.17. The van der Waals surface area contributed by atoms with E-state index in [9.17, 15) is 14.4 Å². The Hall–Kier alpha value is -4.13. The van der Waals surface area contributed by atoms with Crippen molar-refractivity contribution in [3.8, 4) is 5.75 Å². The topological polar surface area (TPSA) is 94.8 Å². The van der Waals surface area contributed by atoms with Crippen molar-refractivity contribution in [2.24, 2.45) is 11.8 Å². The fourth-order valence-corrected chi connectivity index (χ4v) is 4.73. The van der Waals surface area contributed by atoms with Crippen LogP contribution in [0.4, 0.5) is 4.79 Å². The molecule has 5 rings (SSSR count). The highest BCUT2D eigenvalue weighted by Crippen LogP contribution is 2.31. The van der Waals surface area contributed by atoms with Crippen LogP contribution in [-0.2, 0) is 16.1 Å². The minimum Gasteiger partial charge on any atom is -0.445 e. The maximum Gasteiger partial charge on any atom is 0.407 e. The van der Waals surface area contributed by atoms with Gasteiger partial charge in [-0.15, -0.1) is 0 Å². The van der Waals surface area contributed by atoms with E-state index in [0.29, 0.717) is 42.0 Å². The van der Waals surface area contributed by atoms with E-state index in [-0.39, 0.29) is 18.5 Å². The molecule has 0 spiro atoms. The van der Waals surface area contributed by atoms with E-state index < -0.39 is 11.7 Å². The molecule has 0 unspecified atom stereocenters. The molecule has 1 saturated carbocycles. The van der Waals surface area contributed by atoms with Gasteiger partial charge in [-0.25, -0.2) is 9.59 Å². The van der Waals surface area contributed by atoms with Gasteiger partial charge in [0, 0.05) is 18.0 Å². The summed E-state index contributed by atoms with van der Waals surface area (Å²) >= 11 is 0. The molecule has 7 heteroatoms. The van der Waals surface area contributed by atoms with Gasteiger partial charge in [-0.3, -0.25) is 4.79 Å². The van der Waals surface area contributed by atoms with Crippen LogP contribution in [0, 0.1) is 11.8 Å². The molecule has 0 radical (unpaired) electrons. The number of carbonyl (C=O) groups is 2. The Bertz CT molecular complexity index is 1440. The number of carbonyl (C=O) groups excluding carboxylic acids is 2. The van der Waals surface area contributed by atoms with Crippen LogP contribution >= 0.6 is 0 Å². The molecule has 1 N–H and O–H groups in total. The summed E-state index contributed by atoms with van der Waals surface area (Å²) in [5, 5.41) is 4.94. The molecule has 7 nitrogen and oxygen atoms in total. The van der Waals surface area contributed by atoms with Gasteiger partial charge < -0.3 is 19.2 Å². The Morgan fingerprint density at radius 1 is 0.861 bits per heavy atom. The number of hydrogen-bond donors (Lipinski definition) is 1. The molecular weight excluding hydrogens is 458 g/mol. The number of nitrogens with one attached hydrogen (secondary N) is 1. The molecule has 184 valence electrons. The van der Waals surface area contributed by atoms with Crippen molar-refractivity contribution in [1.82, 2.24) is 5.32 Å². The van der Waals surface area contributed by atoms with E-state index in [4.69, 9.17) is 13.9 Å². The molecule has 0 atom stereocenters. The van der Waals surface area contributed by atoms with Crippen LogP contribution in [0.1, 0.15) is 31.2 Å². The van der Waals surface area contributed by atoms with Gasteiger partial charge in [0.05, 0.1) is 11.3 Å². The van der Waals surface area contributed by atoms with Crippen molar-refractivity contribution in [3.63, 3.8) is 0 Å². The van der Waals surface area contributed by atoms with Crippen molar-refractivity contribution in [3.05, 3.63) is 88.8 Å². The van der Waals surface area contributed by atoms with Crippen LogP contribution in [0.5, 0.6) is 5.75 Å². The highest BCUT2D eigenvalue weighted by Gasteiger charge is 2.28. The van der Waals surface area contributed by atoms with Crippen molar-refractivity contribution in [1.29, 1.82) is 0 Å². The van der Waals surface area contributed by atoms with Gasteiger partial charge >= 0.3 is 17.7 Å². The highest BCUT2D eigenvalue weighted by molar-refractivity contribution is 6.04. The Morgan fingerprint density at radius 2 is 1.58 bits per heavy atom. The van der Waals surface area contributed by atoms with Crippen molar-refractivity contribution < 1.29 is 23.5 Å². The molecule has 1 aliphatic rings. The summed E-state index contributed by atoms with van der Waals surface area (Å²) in [6.07, 6.45) is 2.58. The van der Waals surface area contributed by atoms with E-state index >= 15 is 0 Å². The lowest BCUT2D eigenvalue weighted by Gasteiger charge is -2.27. The summed E-state index contributed by atoms with van der Waals surface area (Å²) in [5.41, 5.74) is 0.906. The number of ether oxygens (including phenoxy) is 2. The standard InChI is InChI=1S/C29H27NO6/c31-27(35-22-14-15-24-23-8-4-5-9-25(23)28(32)36-26(24)16-22)21-12-10-19(11-13-21)17-30-29(33)34-18-20-6-2-1-3-7-20/h1-9,14-16,19,21H,10-13,17-18H2,(H,30,33). The summed E-state index contributed by atoms with van der Waals surface area (Å²) in [7, 11) is 0. The van der Waals surface area contributed by atoms with Gasteiger partial charge in [-0.1, -0.05) is 48.5 Å². The molecule has 1 amide bonds. The van der Waals surface area contributed by atoms with E-state index in [0.717, 1.165) is 29.2 Å². The zero-order valence-corrected chi connectivity index (χ0v) is 19.8. The Kier molecular flexibility index (Phi) is 6.98. The first-order chi connectivity index (χ1) is 17.6. The molecular formula is C29H27NO6. The van der Waals surface area contributed by atoms with Crippen molar-refractivity contribution in [2.45, 2.75) is 32.3 Å². The van der Waals surface area contributed by atoms with E-state index in [2.05, 4.69) is 5.32 Å². The van der Waals surface area contributed by atoms with Crippen LogP contribution < -0.4 is 15.7 Å². The smallest absolute Gasteiger partial charge is 0.407 e. The van der Waals surface area contributed by atoms with Crippen LogP contribution in [0.15, 0.2) is 82.0 Å². The minimum atomic E-state index is -0.434. The van der Waals surface area contributed by atoms with E-state index in [1.807, 2.05) is 48.5 Å². The predicted octanol–water partition coefficient (Wildman–Crippen LogP) is 5.58. The molecule has 1 fully saturated rings. The van der Waals surface area contributed by atoms with Crippen LogP contribution in [0.2, 0.25) is 0 Å². The molecule has 0 bridgehead atoms. The van der Waals surface area contributed by atoms with E-state index in [1.54, 1.807) is 24.3 Å². The quantitative estimate of drug-likeness (QED) is 0.166. The van der Waals surface area contributed by atoms with Gasteiger partial charge in [0.25, 0.3) is 0 Å². The Balaban J connectivity index is 1.11. The average Bonchev–Trinajstić information content (AvgIpc) is 2.91. The highest BCUT2D eigenvalue weighted by atomic mass is 16.5. The van der Waals surface area contributed by atoms with Crippen LogP contribution in [0.3, 0.4) is 0 Å². The number of hydrogen-bond acceptors (Lipinski definition) is 6. The fraction of sp³-hybridized carbons (Fsp3) is 0.276. The first-order valence-electron chi connectivity index (χ1n) is 12.2. The Labute approximate surface area is 208 Å². The van der Waals surface area contributed by atoms with Gasteiger partial charge in [0.1, 0.15) is 17.9 Å². The van der Waals surface area contributed by atoms with Gasteiger partial charge in [-0.2, -0.15) is 0 Å². The van der Waals surface area contributed by atoms with Gasteiger partial charge in [0.15, 0.2) is 0 Å². The largest absolute Gasteiger partial charge is 0.445 e. The number of fused-ring (bicyclic) bond motifs is 3. The van der Waals surface area contributed by atoms with Crippen molar-refractivity contribution >= 4 is 33.8 Å². The zero-order valence-electron chi connectivity index (χ0n) is 19.8. The first-order valence-corrected chi connectivity index (χ1v) is 12.2. The minimum absolute atomic E-state index is 0.203. The molecule has 1 heterocycles. The maximum absolute atomic E-state index is 12.8. The second kappa shape index (κ2) is 10.6. The summed E-state index contributed by atoms with van der Waals surface area (Å²) in [6.45, 7) is 0.757. The fourth-order valence-electron chi connectivity index (χ4n) is 4.73. The number of rotatable bonds is 6. The number of benzene rings is 3. The summed E-state index contributed by atoms with van der Waals surface area (Å²) in [6, 6.07) is 21.9. The summed E-state index contributed by atoms with van der Waals surface area (Å²) in [4.78, 5) is 37.1. The normalized spacial score (nSPS) is 17.6. The third-order valence-electron chi connectivity index (χ3n) is 6.74. The number of esters is 1. The third kappa shape index (κ3) is 5.40. The molecule has 3 aromatic carbocycles. The average molecular weight is 486 g/mol. The number of alkyl carbamates (subject to hydrolysis) is 1. The second-order valence-corrected chi connectivity index (χ2v) is 9.17. The van der Waals surface area contributed by atoms with Gasteiger partial charge in [0.2, 0.25) is 0 Å². The molecule has 1 aromatic heterocycles. The van der Waals surface area contributed by atoms with Crippen molar-refractivity contribution in [2.75, 3.05) is 6.54 Å². The zero-order chi connectivity index (χ0) is 24.9. The molecule has 0 aliphatic heterocycles. The SMILES string of the molecule is O=C(NCC1CCC(C(=O)Oc2ccc3c(c2)oc(=O)c2ccccc23)CC1)OCc1ccccc1. The maximum atomic E-state index is 12.8.